The van der Waals surface area contributed by atoms with E-state index in [1.165, 1.54) is 0 Å². The Bertz CT molecular complexity index is 1010. The fourth-order valence-electron chi connectivity index (χ4n) is 3.06. The van der Waals surface area contributed by atoms with Crippen molar-refractivity contribution in [2.24, 2.45) is 5.92 Å². The first-order chi connectivity index (χ1) is 13.8. The lowest BCUT2D eigenvalue weighted by Gasteiger charge is -2.16. The number of aromatic nitrogens is 2. The van der Waals surface area contributed by atoms with Gasteiger partial charge in [-0.2, -0.15) is 0 Å². The van der Waals surface area contributed by atoms with E-state index in [4.69, 9.17) is 16.3 Å². The smallest absolute Gasteiger partial charge is 0.358 e. The number of hydrogen-bond acceptors (Lipinski definition) is 5. The fourth-order valence-corrected chi connectivity index (χ4v) is 3.28. The second-order valence-electron chi connectivity index (χ2n) is 7.25. The second-order valence-corrected chi connectivity index (χ2v) is 7.66. The van der Waals surface area contributed by atoms with Crippen LogP contribution in [0.1, 0.15) is 36.5 Å². The van der Waals surface area contributed by atoms with Gasteiger partial charge in [0.2, 0.25) is 6.04 Å². The molecular formula is C21H22ClN3O4. The van der Waals surface area contributed by atoms with Crippen LogP contribution in [-0.4, -0.2) is 33.1 Å². The molecule has 0 amide bonds. The molecule has 1 unspecified atom stereocenters. The zero-order valence-corrected chi connectivity index (χ0v) is 17.2. The van der Waals surface area contributed by atoms with Gasteiger partial charge in [-0.1, -0.05) is 43.7 Å². The first-order valence-electron chi connectivity index (χ1n) is 9.33. The van der Waals surface area contributed by atoms with Crippen LogP contribution in [0.5, 0.6) is 0 Å². The molecule has 29 heavy (non-hydrogen) atoms. The van der Waals surface area contributed by atoms with Gasteiger partial charge in [0.1, 0.15) is 5.82 Å². The highest BCUT2D eigenvalue weighted by atomic mass is 35.5. The van der Waals surface area contributed by atoms with Crippen molar-refractivity contribution in [2.75, 3.05) is 6.61 Å². The maximum atomic E-state index is 12.6. The summed E-state index contributed by atoms with van der Waals surface area (Å²) in [6.07, 6.45) is 5.24. The molecular weight excluding hydrogens is 394 g/mol. The summed E-state index contributed by atoms with van der Waals surface area (Å²) in [5.41, 5.74) is 2.15. The van der Waals surface area contributed by atoms with Crippen molar-refractivity contribution < 1.29 is 14.5 Å². The first kappa shape index (κ1) is 20.8. The molecule has 1 aliphatic rings. The molecule has 152 valence electrons. The molecule has 0 N–H and O–H groups in total. The van der Waals surface area contributed by atoms with E-state index < -0.39 is 12.0 Å². The SMILES string of the molecule is Cc1c(C(=O)OCC(C)C)nc(-c2ccccc2Cl)n1C1=CCC([N+](=O)[O-])C=C1. The Morgan fingerprint density at radius 3 is 2.72 bits per heavy atom. The number of carbonyl (C=O) groups is 1. The number of nitrogens with zero attached hydrogens (tertiary/aromatic N) is 3. The van der Waals surface area contributed by atoms with Crippen molar-refractivity contribution in [3.63, 3.8) is 0 Å². The largest absolute Gasteiger partial charge is 0.461 e. The Labute approximate surface area is 173 Å². The highest BCUT2D eigenvalue weighted by Gasteiger charge is 2.26. The normalized spacial score (nSPS) is 16.0. The number of nitro groups is 1. The predicted molar refractivity (Wildman–Crippen MR) is 111 cm³/mol. The minimum Gasteiger partial charge on any atom is -0.461 e. The molecule has 0 aliphatic heterocycles. The average Bonchev–Trinajstić information content (AvgIpc) is 3.03. The number of rotatable bonds is 6. The second kappa shape index (κ2) is 8.61. The van der Waals surface area contributed by atoms with E-state index >= 15 is 0 Å². The van der Waals surface area contributed by atoms with E-state index in [-0.39, 0.29) is 23.0 Å². The molecule has 1 aromatic heterocycles. The minimum atomic E-state index is -0.762. The van der Waals surface area contributed by atoms with Gasteiger partial charge >= 0.3 is 5.97 Å². The quantitative estimate of drug-likeness (QED) is 0.385. The van der Waals surface area contributed by atoms with Gasteiger partial charge in [0.05, 0.1) is 17.3 Å². The third kappa shape index (κ3) is 4.40. The van der Waals surface area contributed by atoms with E-state index in [2.05, 4.69) is 4.98 Å². The monoisotopic (exact) mass is 415 g/mol. The van der Waals surface area contributed by atoms with Crippen LogP contribution >= 0.6 is 11.6 Å². The summed E-state index contributed by atoms with van der Waals surface area (Å²) in [7, 11) is 0. The summed E-state index contributed by atoms with van der Waals surface area (Å²) in [5.74, 6) is 0.180. The fraction of sp³-hybridized carbons (Fsp3) is 0.333. The van der Waals surface area contributed by atoms with Crippen LogP contribution < -0.4 is 0 Å². The first-order valence-corrected chi connectivity index (χ1v) is 9.71. The summed E-state index contributed by atoms with van der Waals surface area (Å²) < 4.78 is 7.16. The molecule has 0 fully saturated rings. The van der Waals surface area contributed by atoms with E-state index in [1.807, 2.05) is 32.0 Å². The summed E-state index contributed by atoms with van der Waals surface area (Å²) in [6, 6.07) is 6.44. The molecule has 2 aromatic rings. The highest BCUT2D eigenvalue weighted by molar-refractivity contribution is 6.33. The average molecular weight is 416 g/mol. The van der Waals surface area contributed by atoms with Gasteiger partial charge < -0.3 is 4.74 Å². The van der Waals surface area contributed by atoms with Gasteiger partial charge in [-0.3, -0.25) is 14.7 Å². The molecule has 1 aromatic carbocycles. The lowest BCUT2D eigenvalue weighted by molar-refractivity contribution is -0.508. The maximum Gasteiger partial charge on any atom is 0.358 e. The van der Waals surface area contributed by atoms with Crippen LogP contribution in [0.15, 0.2) is 42.5 Å². The predicted octanol–water partition coefficient (Wildman–Crippen LogP) is 4.77. The topological polar surface area (TPSA) is 87.3 Å². The number of imidazole rings is 1. The Hall–Kier alpha value is -2.93. The summed E-state index contributed by atoms with van der Waals surface area (Å²) in [4.78, 5) is 27.9. The Morgan fingerprint density at radius 1 is 1.41 bits per heavy atom. The highest BCUT2D eigenvalue weighted by Crippen LogP contribution is 2.33. The third-order valence-electron chi connectivity index (χ3n) is 4.55. The molecule has 3 rings (SSSR count). The van der Waals surface area contributed by atoms with Crippen molar-refractivity contribution in [3.8, 4) is 11.4 Å². The van der Waals surface area contributed by atoms with Crippen molar-refractivity contribution in [3.05, 3.63) is 69.0 Å². The number of benzene rings is 1. The number of ether oxygens (including phenoxy) is 1. The number of halogens is 1. The van der Waals surface area contributed by atoms with Crippen LogP contribution in [-0.2, 0) is 4.74 Å². The molecule has 0 spiro atoms. The molecule has 0 radical (unpaired) electrons. The van der Waals surface area contributed by atoms with Gasteiger partial charge in [0, 0.05) is 22.6 Å². The van der Waals surface area contributed by atoms with E-state index in [9.17, 15) is 14.9 Å². The molecule has 1 aliphatic carbocycles. The van der Waals surface area contributed by atoms with Crippen molar-refractivity contribution in [1.29, 1.82) is 0 Å². The van der Waals surface area contributed by atoms with Crippen LogP contribution in [0.2, 0.25) is 5.02 Å². The number of carbonyl (C=O) groups excluding carboxylic acids is 1. The Morgan fingerprint density at radius 2 is 2.14 bits per heavy atom. The van der Waals surface area contributed by atoms with Gasteiger partial charge in [0.15, 0.2) is 5.69 Å². The zero-order chi connectivity index (χ0) is 21.1. The molecule has 0 saturated carbocycles. The maximum absolute atomic E-state index is 12.6. The summed E-state index contributed by atoms with van der Waals surface area (Å²) >= 11 is 6.38. The van der Waals surface area contributed by atoms with E-state index in [1.54, 1.807) is 35.8 Å². The molecule has 8 heteroatoms. The molecule has 0 bridgehead atoms. The number of esters is 1. The van der Waals surface area contributed by atoms with Crippen molar-refractivity contribution >= 4 is 23.3 Å². The standard InChI is InChI=1S/C21H22ClN3O4/c1-13(2)12-29-21(26)19-14(3)24(15-8-10-16(11-9-15)25(27)28)20(23-19)17-6-4-5-7-18(17)22/h4-10,13,16H,11-12H2,1-3H3. The lowest BCUT2D eigenvalue weighted by atomic mass is 10.1. The molecule has 1 heterocycles. The molecule has 0 saturated heterocycles. The van der Waals surface area contributed by atoms with E-state index in [0.717, 1.165) is 0 Å². The van der Waals surface area contributed by atoms with Gasteiger partial charge in [-0.05, 0) is 37.1 Å². The van der Waals surface area contributed by atoms with Crippen LogP contribution in [0.25, 0.3) is 17.1 Å². The summed E-state index contributed by atoms with van der Waals surface area (Å²) in [6.45, 7) is 5.97. The Balaban J connectivity index is 2.09. The van der Waals surface area contributed by atoms with Crippen LogP contribution in [0, 0.1) is 23.0 Å². The van der Waals surface area contributed by atoms with Gasteiger partial charge in [-0.15, -0.1) is 0 Å². The molecule has 1 atom stereocenters. The van der Waals surface area contributed by atoms with Crippen LogP contribution in [0.3, 0.4) is 0 Å². The van der Waals surface area contributed by atoms with Crippen LogP contribution in [0.4, 0.5) is 0 Å². The van der Waals surface area contributed by atoms with Gasteiger partial charge in [0.25, 0.3) is 0 Å². The third-order valence-corrected chi connectivity index (χ3v) is 4.88. The summed E-state index contributed by atoms with van der Waals surface area (Å²) in [5, 5.41) is 11.5. The molecule has 7 nitrogen and oxygen atoms in total. The van der Waals surface area contributed by atoms with Crippen molar-refractivity contribution in [2.45, 2.75) is 33.2 Å². The number of hydrogen-bond donors (Lipinski definition) is 0. The Kier molecular flexibility index (Phi) is 6.17. The van der Waals surface area contributed by atoms with Gasteiger partial charge in [-0.25, -0.2) is 9.78 Å². The van der Waals surface area contributed by atoms with E-state index in [0.29, 0.717) is 34.4 Å². The number of allylic oxidation sites excluding steroid dienone is 2. The zero-order valence-electron chi connectivity index (χ0n) is 16.5. The van der Waals surface area contributed by atoms with Crippen molar-refractivity contribution in [1.82, 2.24) is 9.55 Å². The minimum absolute atomic E-state index is 0.200. The lowest BCUT2D eigenvalue weighted by Crippen LogP contribution is -2.18.